The molecule has 2 aliphatic heterocycles. The topological polar surface area (TPSA) is 54.4 Å². The highest BCUT2D eigenvalue weighted by molar-refractivity contribution is 6.04. The van der Waals surface area contributed by atoms with E-state index in [2.05, 4.69) is 11.8 Å². The maximum atomic E-state index is 13.2. The normalized spacial score (nSPS) is 17.3. The first-order chi connectivity index (χ1) is 16.0. The second kappa shape index (κ2) is 8.62. The van der Waals surface area contributed by atoms with E-state index in [0.29, 0.717) is 30.9 Å². The van der Waals surface area contributed by atoms with Crippen molar-refractivity contribution < 1.29 is 14.3 Å². The maximum Gasteiger partial charge on any atom is 0.254 e. The summed E-state index contributed by atoms with van der Waals surface area (Å²) in [6, 6.07) is 21.4. The predicted octanol–water partition coefficient (Wildman–Crippen LogP) is 5.03. The summed E-state index contributed by atoms with van der Waals surface area (Å²) in [5, 5.41) is 0. The van der Waals surface area contributed by atoms with Gasteiger partial charge in [0.15, 0.2) is 5.75 Å². The molecular weight excluding hydrogens is 414 g/mol. The van der Waals surface area contributed by atoms with Gasteiger partial charge in [-0.1, -0.05) is 24.3 Å². The maximum absolute atomic E-state index is 13.2. The van der Waals surface area contributed by atoms with Gasteiger partial charge in [-0.05, 0) is 61.9 Å². The number of hydrogen-bond donors (Lipinski definition) is 0. The molecule has 1 amide bonds. The van der Waals surface area contributed by atoms with Gasteiger partial charge < -0.3 is 19.3 Å². The van der Waals surface area contributed by atoms with E-state index in [9.17, 15) is 4.79 Å². The lowest BCUT2D eigenvalue weighted by Gasteiger charge is -2.41. The zero-order valence-electron chi connectivity index (χ0n) is 19.1. The Balaban J connectivity index is 1.43. The fraction of sp³-hybridized carbons (Fsp3) is 0.259. The summed E-state index contributed by atoms with van der Waals surface area (Å²) in [4.78, 5) is 22.4. The van der Waals surface area contributed by atoms with E-state index in [1.54, 1.807) is 13.2 Å². The third-order valence-electron chi connectivity index (χ3n) is 6.19. The van der Waals surface area contributed by atoms with Crippen molar-refractivity contribution in [2.24, 2.45) is 4.99 Å². The second-order valence-electron chi connectivity index (χ2n) is 8.53. The van der Waals surface area contributed by atoms with Gasteiger partial charge in [0.25, 0.3) is 5.91 Å². The Labute approximate surface area is 194 Å². The number of carbonyl (C=O) groups is 1. The molecular formula is C27H27N3O3. The van der Waals surface area contributed by atoms with Crippen LogP contribution in [0.25, 0.3) is 0 Å². The minimum Gasteiger partial charge on any atom is -0.497 e. The van der Waals surface area contributed by atoms with Crippen LogP contribution < -0.4 is 9.47 Å². The molecule has 0 aromatic heterocycles. The number of aliphatic imine (C=N–C) groups is 1. The van der Waals surface area contributed by atoms with Crippen molar-refractivity contribution in [3.8, 4) is 17.2 Å². The number of rotatable bonds is 2. The quantitative estimate of drug-likeness (QED) is 0.560. The van der Waals surface area contributed by atoms with Crippen LogP contribution in [0.5, 0.6) is 17.2 Å². The second-order valence-corrected chi connectivity index (χ2v) is 8.53. The van der Waals surface area contributed by atoms with Crippen molar-refractivity contribution in [3.05, 3.63) is 83.4 Å². The molecule has 1 saturated heterocycles. The van der Waals surface area contributed by atoms with Gasteiger partial charge in [-0.25, -0.2) is 4.99 Å². The molecule has 2 aliphatic rings. The highest BCUT2D eigenvalue weighted by atomic mass is 16.5. The van der Waals surface area contributed by atoms with Gasteiger partial charge in [-0.2, -0.15) is 0 Å². The van der Waals surface area contributed by atoms with Crippen LogP contribution in [0.3, 0.4) is 0 Å². The van der Waals surface area contributed by atoms with Crippen LogP contribution in [0, 0.1) is 6.92 Å². The Kier molecular flexibility index (Phi) is 5.50. The van der Waals surface area contributed by atoms with Gasteiger partial charge in [-0.3, -0.25) is 4.79 Å². The Hall–Kier alpha value is -3.80. The van der Waals surface area contributed by atoms with Gasteiger partial charge in [0.05, 0.1) is 12.7 Å². The van der Waals surface area contributed by atoms with E-state index in [0.717, 1.165) is 34.1 Å². The fourth-order valence-corrected chi connectivity index (χ4v) is 4.44. The lowest BCUT2D eigenvalue weighted by atomic mass is 10.1. The van der Waals surface area contributed by atoms with Crippen LogP contribution >= 0.6 is 0 Å². The summed E-state index contributed by atoms with van der Waals surface area (Å²) in [5.74, 6) is 3.15. The molecule has 0 saturated carbocycles. The molecule has 0 radical (unpaired) electrons. The number of piperazine rings is 1. The van der Waals surface area contributed by atoms with E-state index < -0.39 is 0 Å². The number of nitrogens with zero attached hydrogens (tertiary/aromatic N) is 3. The van der Waals surface area contributed by atoms with Crippen LogP contribution in [0.15, 0.2) is 71.7 Å². The smallest absolute Gasteiger partial charge is 0.254 e. The number of amidine groups is 1. The molecule has 0 spiro atoms. The molecule has 0 bridgehead atoms. The number of carbonyl (C=O) groups excluding carboxylic acids is 1. The van der Waals surface area contributed by atoms with Gasteiger partial charge in [0.1, 0.15) is 23.0 Å². The Morgan fingerprint density at radius 1 is 1.03 bits per heavy atom. The number of aryl methyl sites for hydroxylation is 1. The zero-order valence-corrected chi connectivity index (χ0v) is 19.1. The van der Waals surface area contributed by atoms with Crippen molar-refractivity contribution in [3.63, 3.8) is 0 Å². The van der Waals surface area contributed by atoms with Crippen molar-refractivity contribution in [2.45, 2.75) is 19.9 Å². The molecule has 6 heteroatoms. The number of hydrogen-bond acceptors (Lipinski definition) is 5. The van der Waals surface area contributed by atoms with Gasteiger partial charge in [-0.15, -0.1) is 0 Å². The minimum atomic E-state index is 0.0217. The van der Waals surface area contributed by atoms with Crippen LogP contribution in [0.2, 0.25) is 0 Å². The zero-order chi connectivity index (χ0) is 22.9. The number of ether oxygens (including phenoxy) is 2. The van der Waals surface area contributed by atoms with Crippen LogP contribution in [0.1, 0.15) is 28.4 Å². The first kappa shape index (κ1) is 21.1. The molecule has 2 heterocycles. The molecule has 168 valence electrons. The monoisotopic (exact) mass is 441 g/mol. The molecule has 1 unspecified atom stereocenters. The molecule has 0 N–H and O–H groups in total. The van der Waals surface area contributed by atoms with E-state index in [4.69, 9.17) is 14.5 Å². The van der Waals surface area contributed by atoms with Crippen molar-refractivity contribution >= 4 is 17.4 Å². The average molecular weight is 442 g/mol. The van der Waals surface area contributed by atoms with E-state index in [-0.39, 0.29) is 11.9 Å². The highest BCUT2D eigenvalue weighted by Gasteiger charge is 2.32. The number of fused-ring (bicyclic) bond motifs is 2. The summed E-state index contributed by atoms with van der Waals surface area (Å²) < 4.78 is 11.5. The number of amides is 1. The third kappa shape index (κ3) is 4.04. The Bertz CT molecular complexity index is 1240. The summed E-state index contributed by atoms with van der Waals surface area (Å²) in [6.07, 6.45) is 0. The summed E-state index contributed by atoms with van der Waals surface area (Å²) >= 11 is 0. The molecule has 33 heavy (non-hydrogen) atoms. The van der Waals surface area contributed by atoms with Crippen molar-refractivity contribution in [2.75, 3.05) is 26.7 Å². The molecule has 3 aromatic rings. The van der Waals surface area contributed by atoms with E-state index in [1.165, 1.54) is 0 Å². The Morgan fingerprint density at radius 2 is 1.88 bits per heavy atom. The Morgan fingerprint density at radius 3 is 2.70 bits per heavy atom. The third-order valence-corrected chi connectivity index (χ3v) is 6.19. The molecule has 1 atom stereocenters. The van der Waals surface area contributed by atoms with Gasteiger partial charge in [0, 0.05) is 31.2 Å². The number of methoxy groups -OCH3 is 1. The van der Waals surface area contributed by atoms with E-state index >= 15 is 0 Å². The molecule has 0 aliphatic carbocycles. The highest BCUT2D eigenvalue weighted by Crippen LogP contribution is 2.39. The van der Waals surface area contributed by atoms with Gasteiger partial charge >= 0.3 is 0 Å². The van der Waals surface area contributed by atoms with Crippen molar-refractivity contribution in [1.82, 2.24) is 9.80 Å². The molecule has 5 rings (SSSR count). The van der Waals surface area contributed by atoms with E-state index in [1.807, 2.05) is 72.5 Å². The van der Waals surface area contributed by atoms with Crippen LogP contribution in [-0.4, -0.2) is 54.3 Å². The molecule has 3 aromatic carbocycles. The minimum absolute atomic E-state index is 0.0217. The predicted molar refractivity (Wildman–Crippen MR) is 129 cm³/mol. The molecule has 1 fully saturated rings. The van der Waals surface area contributed by atoms with Crippen LogP contribution in [0.4, 0.5) is 5.69 Å². The average Bonchev–Trinajstić information content (AvgIpc) is 3.00. The van der Waals surface area contributed by atoms with Crippen LogP contribution in [-0.2, 0) is 0 Å². The first-order valence-electron chi connectivity index (χ1n) is 11.2. The SMILES string of the molecule is COc1cccc(C(=O)N2CCN(C3=Nc4ccc(C)cc4Oc4ccccc43)CC2C)c1. The summed E-state index contributed by atoms with van der Waals surface area (Å²) in [7, 11) is 1.61. The first-order valence-corrected chi connectivity index (χ1v) is 11.2. The number of para-hydroxylation sites is 1. The lowest BCUT2D eigenvalue weighted by Crippen LogP contribution is -2.55. The largest absolute Gasteiger partial charge is 0.497 e. The fourth-order valence-electron chi connectivity index (χ4n) is 4.44. The van der Waals surface area contributed by atoms with Gasteiger partial charge in [0.2, 0.25) is 0 Å². The number of benzene rings is 3. The summed E-state index contributed by atoms with van der Waals surface area (Å²) in [5.41, 5.74) is 3.55. The van der Waals surface area contributed by atoms with Crippen molar-refractivity contribution in [1.29, 1.82) is 0 Å². The lowest BCUT2D eigenvalue weighted by molar-refractivity contribution is 0.0581. The molecule has 6 nitrogen and oxygen atoms in total. The summed E-state index contributed by atoms with van der Waals surface area (Å²) in [6.45, 7) is 6.12. The standard InChI is InChI=1S/C27H27N3O3/c1-18-11-12-23-25(15-18)33-24-10-5-4-9-22(24)26(28-23)29-13-14-30(19(2)17-29)27(31)20-7-6-8-21(16-20)32-3/h4-12,15-16,19H,13-14,17H2,1-3H3.